The Balaban J connectivity index is 2.55. The van der Waals surface area contributed by atoms with Crippen molar-refractivity contribution in [3.63, 3.8) is 0 Å². The van der Waals surface area contributed by atoms with Crippen LogP contribution in [0, 0.1) is 11.8 Å². The van der Waals surface area contributed by atoms with E-state index in [-0.39, 0.29) is 0 Å². The molecule has 2 heteroatoms. The predicted molar refractivity (Wildman–Crippen MR) is 46.0 cm³/mol. The molecule has 2 nitrogen and oxygen atoms in total. The molecule has 0 aromatic carbocycles. The molecule has 1 aliphatic rings. The molecule has 0 spiro atoms. The summed E-state index contributed by atoms with van der Waals surface area (Å²) in [4.78, 5) is 0. The molecule has 64 valence electrons. The first-order valence-corrected chi connectivity index (χ1v) is 4.42. The molecule has 1 rings (SSSR count). The minimum absolute atomic E-state index is 0.700. The lowest BCUT2D eigenvalue weighted by Crippen LogP contribution is -2.03. The van der Waals surface area contributed by atoms with Gasteiger partial charge in [0.25, 0.3) is 0 Å². The van der Waals surface area contributed by atoms with Crippen molar-refractivity contribution in [3.8, 4) is 0 Å². The quantitative estimate of drug-likeness (QED) is 0.325. The monoisotopic (exact) mass is 155 g/mol. The predicted octanol–water partition coefficient (Wildman–Crippen LogP) is 2.66. The van der Waals surface area contributed by atoms with Crippen molar-refractivity contribution in [2.45, 2.75) is 39.5 Å². The van der Waals surface area contributed by atoms with Gasteiger partial charge in [0.05, 0.1) is 5.71 Å². The van der Waals surface area contributed by atoms with E-state index >= 15 is 0 Å². The first-order chi connectivity index (χ1) is 5.22. The van der Waals surface area contributed by atoms with Gasteiger partial charge in [0.1, 0.15) is 0 Å². The summed E-state index contributed by atoms with van der Waals surface area (Å²) < 4.78 is 0. The summed E-state index contributed by atoms with van der Waals surface area (Å²) in [6.45, 7) is 4.45. The summed E-state index contributed by atoms with van der Waals surface area (Å²) in [5, 5.41) is 12.0. The molecular formula is C9H17NO. The van der Waals surface area contributed by atoms with Crippen molar-refractivity contribution in [2.24, 2.45) is 17.0 Å². The average molecular weight is 155 g/mol. The molecule has 1 saturated carbocycles. The fourth-order valence-corrected chi connectivity index (χ4v) is 1.74. The lowest BCUT2D eigenvalue weighted by Gasteiger charge is -2.04. The third kappa shape index (κ3) is 2.52. The minimum atomic E-state index is 0.700. The van der Waals surface area contributed by atoms with E-state index in [0.29, 0.717) is 11.8 Å². The van der Waals surface area contributed by atoms with E-state index in [1.54, 1.807) is 0 Å². The van der Waals surface area contributed by atoms with Gasteiger partial charge >= 0.3 is 0 Å². The van der Waals surface area contributed by atoms with E-state index in [1.807, 2.05) is 0 Å². The molecule has 0 aliphatic heterocycles. The summed E-state index contributed by atoms with van der Waals surface area (Å²) in [5.41, 5.74) is 0.988. The number of hydrogen-bond acceptors (Lipinski definition) is 2. The Bertz CT molecular complexity index is 140. The SMILES string of the molecule is CC1CCC(C)CC(=NO)C1. The highest BCUT2D eigenvalue weighted by atomic mass is 16.4. The Kier molecular flexibility index (Phi) is 2.92. The number of oxime groups is 1. The van der Waals surface area contributed by atoms with E-state index in [2.05, 4.69) is 19.0 Å². The highest BCUT2D eigenvalue weighted by Gasteiger charge is 2.17. The summed E-state index contributed by atoms with van der Waals surface area (Å²) >= 11 is 0. The van der Waals surface area contributed by atoms with Gasteiger partial charge in [-0.25, -0.2) is 0 Å². The molecule has 0 radical (unpaired) electrons. The fraction of sp³-hybridized carbons (Fsp3) is 0.889. The molecule has 2 atom stereocenters. The summed E-state index contributed by atoms with van der Waals surface area (Å²) in [5.74, 6) is 1.40. The molecule has 1 aliphatic carbocycles. The first-order valence-electron chi connectivity index (χ1n) is 4.42. The van der Waals surface area contributed by atoms with E-state index in [4.69, 9.17) is 5.21 Å². The van der Waals surface area contributed by atoms with Crippen molar-refractivity contribution < 1.29 is 5.21 Å². The van der Waals surface area contributed by atoms with E-state index in [0.717, 1.165) is 18.6 Å². The third-order valence-electron chi connectivity index (χ3n) is 2.46. The first kappa shape index (κ1) is 8.57. The summed E-state index contributed by atoms with van der Waals surface area (Å²) in [7, 11) is 0. The van der Waals surface area contributed by atoms with Crippen LogP contribution in [-0.4, -0.2) is 10.9 Å². The summed E-state index contributed by atoms with van der Waals surface area (Å²) in [6, 6.07) is 0. The lowest BCUT2D eigenvalue weighted by atomic mass is 10.0. The van der Waals surface area contributed by atoms with E-state index in [9.17, 15) is 0 Å². The molecule has 1 fully saturated rings. The number of rotatable bonds is 0. The van der Waals surface area contributed by atoms with Crippen LogP contribution in [0.5, 0.6) is 0 Å². The van der Waals surface area contributed by atoms with Crippen LogP contribution in [0.3, 0.4) is 0 Å². The molecular weight excluding hydrogens is 138 g/mol. The Labute approximate surface area is 68.3 Å². The molecule has 0 bridgehead atoms. The van der Waals surface area contributed by atoms with Gasteiger partial charge < -0.3 is 5.21 Å². The standard InChI is InChI=1S/C9H17NO/c1-7-3-4-8(2)6-9(5-7)10-11/h7-8,11H,3-6H2,1-2H3. The largest absolute Gasteiger partial charge is 0.411 e. The number of hydrogen-bond donors (Lipinski definition) is 1. The topological polar surface area (TPSA) is 32.6 Å². The maximum Gasteiger partial charge on any atom is 0.0576 e. The smallest absolute Gasteiger partial charge is 0.0576 e. The molecule has 0 saturated heterocycles. The Hall–Kier alpha value is -0.530. The van der Waals surface area contributed by atoms with Gasteiger partial charge in [-0.05, 0) is 24.7 Å². The van der Waals surface area contributed by atoms with Crippen LogP contribution in [0.25, 0.3) is 0 Å². The summed E-state index contributed by atoms with van der Waals surface area (Å²) in [6.07, 6.45) is 4.53. The van der Waals surface area contributed by atoms with Gasteiger partial charge in [-0.15, -0.1) is 0 Å². The zero-order valence-electron chi connectivity index (χ0n) is 7.38. The van der Waals surface area contributed by atoms with Gasteiger partial charge in [0.15, 0.2) is 0 Å². The zero-order chi connectivity index (χ0) is 8.27. The second-order valence-corrected chi connectivity index (χ2v) is 3.86. The normalized spacial score (nSPS) is 33.1. The molecule has 2 unspecified atom stereocenters. The maximum atomic E-state index is 8.64. The highest BCUT2D eigenvalue weighted by molar-refractivity contribution is 5.84. The van der Waals surface area contributed by atoms with E-state index in [1.165, 1.54) is 12.8 Å². The number of nitrogens with zero attached hydrogens (tertiary/aromatic N) is 1. The maximum absolute atomic E-state index is 8.64. The van der Waals surface area contributed by atoms with Crippen molar-refractivity contribution in [2.75, 3.05) is 0 Å². The van der Waals surface area contributed by atoms with Crippen LogP contribution in [-0.2, 0) is 0 Å². The second-order valence-electron chi connectivity index (χ2n) is 3.86. The molecule has 1 N–H and O–H groups in total. The van der Waals surface area contributed by atoms with Gasteiger partial charge in [-0.1, -0.05) is 31.8 Å². The Morgan fingerprint density at radius 1 is 1.18 bits per heavy atom. The molecule has 11 heavy (non-hydrogen) atoms. The van der Waals surface area contributed by atoms with Gasteiger partial charge in [0, 0.05) is 0 Å². The van der Waals surface area contributed by atoms with Crippen LogP contribution >= 0.6 is 0 Å². The van der Waals surface area contributed by atoms with Crippen LogP contribution < -0.4 is 0 Å². The lowest BCUT2D eigenvalue weighted by molar-refractivity contribution is 0.314. The van der Waals surface area contributed by atoms with Crippen LogP contribution in [0.15, 0.2) is 5.16 Å². The Morgan fingerprint density at radius 3 is 2.00 bits per heavy atom. The molecule has 0 aromatic heterocycles. The average Bonchev–Trinajstić information content (AvgIpc) is 2.13. The van der Waals surface area contributed by atoms with Crippen LogP contribution in [0.2, 0.25) is 0 Å². The zero-order valence-corrected chi connectivity index (χ0v) is 7.38. The third-order valence-corrected chi connectivity index (χ3v) is 2.46. The van der Waals surface area contributed by atoms with Crippen molar-refractivity contribution in [1.82, 2.24) is 0 Å². The van der Waals surface area contributed by atoms with Crippen molar-refractivity contribution >= 4 is 5.71 Å². The Morgan fingerprint density at radius 2 is 1.64 bits per heavy atom. The molecule has 0 amide bonds. The molecule has 0 aromatic rings. The highest BCUT2D eigenvalue weighted by Crippen LogP contribution is 2.24. The minimum Gasteiger partial charge on any atom is -0.411 e. The van der Waals surface area contributed by atoms with E-state index < -0.39 is 0 Å². The fourth-order valence-electron chi connectivity index (χ4n) is 1.74. The van der Waals surface area contributed by atoms with Crippen LogP contribution in [0.1, 0.15) is 39.5 Å². The van der Waals surface area contributed by atoms with Gasteiger partial charge in [0.2, 0.25) is 0 Å². The van der Waals surface area contributed by atoms with Crippen molar-refractivity contribution in [1.29, 1.82) is 0 Å². The van der Waals surface area contributed by atoms with Crippen LogP contribution in [0.4, 0.5) is 0 Å². The van der Waals surface area contributed by atoms with Gasteiger partial charge in [-0.3, -0.25) is 0 Å². The second kappa shape index (κ2) is 3.74. The molecule has 0 heterocycles. The van der Waals surface area contributed by atoms with Crippen molar-refractivity contribution in [3.05, 3.63) is 0 Å². The van der Waals surface area contributed by atoms with Gasteiger partial charge in [-0.2, -0.15) is 0 Å².